The summed E-state index contributed by atoms with van der Waals surface area (Å²) in [6, 6.07) is 9.56. The van der Waals surface area contributed by atoms with Gasteiger partial charge in [0.1, 0.15) is 11.5 Å². The first-order chi connectivity index (χ1) is 10.9. The van der Waals surface area contributed by atoms with E-state index in [-0.39, 0.29) is 12.5 Å². The Morgan fingerprint density at radius 1 is 1.35 bits per heavy atom. The molecule has 0 saturated carbocycles. The highest BCUT2D eigenvalue weighted by Gasteiger charge is 2.26. The molecule has 1 aliphatic heterocycles. The van der Waals surface area contributed by atoms with Crippen molar-refractivity contribution >= 4 is 15.9 Å². The monoisotopic (exact) mass is 335 g/mol. The van der Waals surface area contributed by atoms with Crippen molar-refractivity contribution in [2.24, 2.45) is 0 Å². The molecule has 23 heavy (non-hydrogen) atoms. The van der Waals surface area contributed by atoms with Crippen molar-refractivity contribution in [1.82, 2.24) is 14.6 Å². The van der Waals surface area contributed by atoms with Crippen LogP contribution in [0, 0.1) is 0 Å². The molecule has 0 radical (unpaired) electrons. The zero-order valence-corrected chi connectivity index (χ0v) is 13.5. The highest BCUT2D eigenvalue weighted by Crippen LogP contribution is 2.25. The number of sulfonamides is 1. The number of nitrogens with one attached hydrogen (secondary N) is 1. The molecule has 122 valence electrons. The van der Waals surface area contributed by atoms with Crippen LogP contribution >= 0.6 is 0 Å². The molecule has 7 nitrogen and oxygen atoms in total. The minimum absolute atomic E-state index is 0.239. The van der Waals surface area contributed by atoms with E-state index in [1.54, 1.807) is 4.90 Å². The first kappa shape index (κ1) is 15.7. The summed E-state index contributed by atoms with van der Waals surface area (Å²) in [6.45, 7) is 0.578. The number of hydrogen-bond donors (Lipinski definition) is 1. The Morgan fingerprint density at radius 3 is 2.78 bits per heavy atom. The van der Waals surface area contributed by atoms with Crippen molar-refractivity contribution in [2.45, 2.75) is 13.0 Å². The zero-order chi connectivity index (χ0) is 16.4. The molecule has 1 amide bonds. The molecule has 0 unspecified atom stereocenters. The number of rotatable bonds is 4. The first-order valence-corrected chi connectivity index (χ1v) is 9.08. The molecule has 0 bridgehead atoms. The molecule has 0 spiro atoms. The molecule has 1 aliphatic rings. The van der Waals surface area contributed by atoms with E-state index in [1.807, 2.05) is 30.3 Å². The van der Waals surface area contributed by atoms with Gasteiger partial charge < -0.3 is 9.32 Å². The molecule has 0 saturated heterocycles. The van der Waals surface area contributed by atoms with Crippen molar-refractivity contribution < 1.29 is 17.6 Å². The van der Waals surface area contributed by atoms with Crippen molar-refractivity contribution in [2.75, 3.05) is 19.3 Å². The van der Waals surface area contributed by atoms with Crippen LogP contribution in [0.5, 0.6) is 0 Å². The van der Waals surface area contributed by atoms with Crippen molar-refractivity contribution in [3.05, 3.63) is 41.8 Å². The molecular weight excluding hydrogens is 318 g/mol. The highest BCUT2D eigenvalue weighted by atomic mass is 32.2. The molecule has 0 atom stereocenters. The number of benzene rings is 1. The molecule has 1 N–H and O–H groups in total. The summed E-state index contributed by atoms with van der Waals surface area (Å²) < 4.78 is 30.1. The summed E-state index contributed by atoms with van der Waals surface area (Å²) in [5, 5.41) is 0. The van der Waals surface area contributed by atoms with Crippen LogP contribution in [-0.2, 0) is 27.8 Å². The van der Waals surface area contributed by atoms with Crippen LogP contribution in [0.25, 0.3) is 11.5 Å². The van der Waals surface area contributed by atoms with E-state index in [0.29, 0.717) is 25.4 Å². The number of amides is 1. The fraction of sp³-hybridized carbons (Fsp3) is 0.333. The Morgan fingerprint density at radius 2 is 2.09 bits per heavy atom. The standard InChI is InChI=1S/C15H17N3O4S/c1-23(20,21)16-9-14(19)18-8-7-13-12(10-18)17-15(22-13)11-5-3-2-4-6-11/h2-6,16H,7-10H2,1H3. The van der Waals surface area contributed by atoms with E-state index < -0.39 is 10.0 Å². The zero-order valence-electron chi connectivity index (χ0n) is 12.7. The van der Waals surface area contributed by atoms with Gasteiger partial charge in [0, 0.05) is 18.5 Å². The molecule has 1 aromatic heterocycles. The van der Waals surface area contributed by atoms with Crippen LogP contribution in [0.15, 0.2) is 34.7 Å². The van der Waals surface area contributed by atoms with Gasteiger partial charge in [-0.1, -0.05) is 18.2 Å². The maximum absolute atomic E-state index is 12.1. The summed E-state index contributed by atoms with van der Waals surface area (Å²) >= 11 is 0. The van der Waals surface area contributed by atoms with Gasteiger partial charge in [-0.25, -0.2) is 18.1 Å². The van der Waals surface area contributed by atoms with Crippen LogP contribution in [0.1, 0.15) is 11.5 Å². The maximum atomic E-state index is 12.1. The van der Waals surface area contributed by atoms with Crippen LogP contribution in [0.3, 0.4) is 0 Å². The Bertz CT molecular complexity index is 815. The average molecular weight is 335 g/mol. The Kier molecular flexibility index (Phi) is 4.18. The van der Waals surface area contributed by atoms with Gasteiger partial charge in [-0.2, -0.15) is 0 Å². The van der Waals surface area contributed by atoms with Crippen LogP contribution in [0.2, 0.25) is 0 Å². The van der Waals surface area contributed by atoms with Crippen molar-refractivity contribution in [3.63, 3.8) is 0 Å². The third kappa shape index (κ3) is 3.77. The molecular formula is C15H17N3O4S. The number of carbonyl (C=O) groups is 1. The number of fused-ring (bicyclic) bond motifs is 1. The molecule has 3 rings (SSSR count). The third-order valence-corrected chi connectivity index (χ3v) is 4.26. The number of oxazole rings is 1. The molecule has 0 fully saturated rings. The summed E-state index contributed by atoms with van der Waals surface area (Å²) in [5.41, 5.74) is 1.61. The lowest BCUT2D eigenvalue weighted by Gasteiger charge is -2.25. The van der Waals surface area contributed by atoms with E-state index >= 15 is 0 Å². The molecule has 8 heteroatoms. The lowest BCUT2D eigenvalue weighted by Crippen LogP contribution is -2.42. The minimum Gasteiger partial charge on any atom is -0.441 e. The van der Waals surface area contributed by atoms with Gasteiger partial charge in [0.05, 0.1) is 19.3 Å². The second-order valence-electron chi connectivity index (χ2n) is 5.41. The number of hydrogen-bond acceptors (Lipinski definition) is 5. The van der Waals surface area contributed by atoms with Crippen molar-refractivity contribution in [1.29, 1.82) is 0 Å². The van der Waals surface area contributed by atoms with Gasteiger partial charge in [0.25, 0.3) is 0 Å². The van der Waals surface area contributed by atoms with Crippen LogP contribution in [-0.4, -0.2) is 43.6 Å². The van der Waals surface area contributed by atoms with Crippen LogP contribution < -0.4 is 4.72 Å². The average Bonchev–Trinajstić information content (AvgIpc) is 2.96. The maximum Gasteiger partial charge on any atom is 0.237 e. The largest absolute Gasteiger partial charge is 0.441 e. The van der Waals surface area contributed by atoms with Gasteiger partial charge in [-0.3, -0.25) is 4.79 Å². The Labute approximate surface area is 134 Å². The second-order valence-corrected chi connectivity index (χ2v) is 7.25. The molecule has 1 aromatic carbocycles. The van der Waals surface area contributed by atoms with Crippen molar-refractivity contribution in [3.8, 4) is 11.5 Å². The quantitative estimate of drug-likeness (QED) is 0.891. The topological polar surface area (TPSA) is 92.5 Å². The smallest absolute Gasteiger partial charge is 0.237 e. The SMILES string of the molecule is CS(=O)(=O)NCC(=O)N1CCc2oc(-c3ccccc3)nc2C1. The summed E-state index contributed by atoms with van der Waals surface area (Å²) in [5.74, 6) is 1.05. The number of carbonyl (C=O) groups excluding carboxylic acids is 1. The van der Waals surface area contributed by atoms with Gasteiger partial charge in [0.15, 0.2) is 0 Å². The normalized spacial score (nSPS) is 14.6. The molecule has 2 heterocycles. The Balaban J connectivity index is 1.71. The number of nitrogens with zero attached hydrogens (tertiary/aromatic N) is 2. The first-order valence-electron chi connectivity index (χ1n) is 7.19. The lowest BCUT2D eigenvalue weighted by atomic mass is 10.1. The van der Waals surface area contributed by atoms with Gasteiger partial charge in [-0.15, -0.1) is 0 Å². The predicted molar refractivity (Wildman–Crippen MR) is 83.9 cm³/mol. The van der Waals surface area contributed by atoms with E-state index in [9.17, 15) is 13.2 Å². The highest BCUT2D eigenvalue weighted by molar-refractivity contribution is 7.88. The fourth-order valence-electron chi connectivity index (χ4n) is 2.42. The molecule has 0 aliphatic carbocycles. The number of aromatic nitrogens is 1. The third-order valence-electron chi connectivity index (χ3n) is 3.59. The summed E-state index contributed by atoms with van der Waals surface area (Å²) in [4.78, 5) is 18.1. The van der Waals surface area contributed by atoms with Gasteiger partial charge >= 0.3 is 0 Å². The van der Waals surface area contributed by atoms with E-state index in [4.69, 9.17) is 4.42 Å². The van der Waals surface area contributed by atoms with E-state index in [2.05, 4.69) is 9.71 Å². The minimum atomic E-state index is -3.38. The van der Waals surface area contributed by atoms with Gasteiger partial charge in [0.2, 0.25) is 21.8 Å². The second kappa shape index (κ2) is 6.13. The van der Waals surface area contributed by atoms with Crippen LogP contribution in [0.4, 0.5) is 0 Å². The lowest BCUT2D eigenvalue weighted by molar-refractivity contribution is -0.130. The fourth-order valence-corrected chi connectivity index (χ4v) is 2.81. The Hall–Kier alpha value is -2.19. The van der Waals surface area contributed by atoms with E-state index in [0.717, 1.165) is 23.3 Å². The summed E-state index contributed by atoms with van der Waals surface area (Å²) in [7, 11) is -3.38. The molecule has 2 aromatic rings. The predicted octanol–water partition coefficient (Wildman–Crippen LogP) is 0.775. The van der Waals surface area contributed by atoms with Gasteiger partial charge in [-0.05, 0) is 12.1 Å². The summed E-state index contributed by atoms with van der Waals surface area (Å²) in [6.07, 6.45) is 1.60. The van der Waals surface area contributed by atoms with E-state index in [1.165, 1.54) is 0 Å².